The van der Waals surface area contributed by atoms with Gasteiger partial charge in [0.2, 0.25) is 11.8 Å². The minimum absolute atomic E-state index is 0.0609. The first kappa shape index (κ1) is 12.2. The van der Waals surface area contributed by atoms with Crippen LogP contribution in [0.4, 0.5) is 11.4 Å². The van der Waals surface area contributed by atoms with Gasteiger partial charge in [-0.2, -0.15) is 0 Å². The molecule has 19 heavy (non-hydrogen) atoms. The Morgan fingerprint density at radius 3 is 2.00 bits per heavy atom. The van der Waals surface area contributed by atoms with Gasteiger partial charge >= 0.3 is 0 Å². The van der Waals surface area contributed by atoms with Gasteiger partial charge in [0.15, 0.2) is 0 Å². The zero-order valence-corrected chi connectivity index (χ0v) is 11.0. The maximum Gasteiger partial charge on any atom is 0.227 e. The second kappa shape index (κ2) is 4.68. The maximum absolute atomic E-state index is 11.8. The highest BCUT2D eigenvalue weighted by atomic mass is 16.2. The smallest absolute Gasteiger partial charge is 0.227 e. The number of hydrogen-bond acceptors (Lipinski definition) is 2. The monoisotopic (exact) mass is 258 g/mol. The Bertz CT molecular complexity index is 531. The molecular formula is C15H18N2O2. The van der Waals surface area contributed by atoms with Crippen molar-refractivity contribution >= 4 is 23.2 Å². The number of carbonyl (C=O) groups is 2. The van der Waals surface area contributed by atoms with E-state index in [1.807, 2.05) is 25.1 Å². The van der Waals surface area contributed by atoms with Crippen LogP contribution >= 0.6 is 0 Å². The molecule has 0 heterocycles. The van der Waals surface area contributed by atoms with E-state index < -0.39 is 0 Å². The molecule has 0 saturated heterocycles. The summed E-state index contributed by atoms with van der Waals surface area (Å²) in [4.78, 5) is 23.7. The van der Waals surface area contributed by atoms with Crippen molar-refractivity contribution in [3.63, 3.8) is 0 Å². The van der Waals surface area contributed by atoms with Gasteiger partial charge in [0.1, 0.15) is 0 Å². The molecule has 1 aromatic rings. The summed E-state index contributed by atoms with van der Waals surface area (Å²) in [5.74, 6) is 0.444. The van der Waals surface area contributed by atoms with Crippen LogP contribution in [0, 0.1) is 18.8 Å². The lowest BCUT2D eigenvalue weighted by molar-refractivity contribution is -0.118. The molecule has 2 amide bonds. The lowest BCUT2D eigenvalue weighted by atomic mass is 10.1. The molecule has 0 atom stereocenters. The van der Waals surface area contributed by atoms with Crippen LogP contribution in [0.15, 0.2) is 18.2 Å². The van der Waals surface area contributed by atoms with E-state index in [2.05, 4.69) is 10.6 Å². The first-order chi connectivity index (χ1) is 9.13. The van der Waals surface area contributed by atoms with Gasteiger partial charge < -0.3 is 10.6 Å². The van der Waals surface area contributed by atoms with Crippen LogP contribution < -0.4 is 10.6 Å². The minimum atomic E-state index is 0.0609. The molecule has 4 nitrogen and oxygen atoms in total. The van der Waals surface area contributed by atoms with Crippen LogP contribution in [-0.2, 0) is 9.59 Å². The van der Waals surface area contributed by atoms with Gasteiger partial charge in [-0.15, -0.1) is 0 Å². The van der Waals surface area contributed by atoms with Gasteiger partial charge in [0.05, 0.1) is 11.4 Å². The predicted molar refractivity (Wildman–Crippen MR) is 73.9 cm³/mol. The van der Waals surface area contributed by atoms with E-state index in [0.717, 1.165) is 31.2 Å². The van der Waals surface area contributed by atoms with Gasteiger partial charge in [-0.3, -0.25) is 9.59 Å². The Hall–Kier alpha value is -1.84. The highest BCUT2D eigenvalue weighted by Crippen LogP contribution is 2.34. The average molecular weight is 258 g/mol. The number of aryl methyl sites for hydroxylation is 1. The quantitative estimate of drug-likeness (QED) is 0.872. The van der Waals surface area contributed by atoms with Gasteiger partial charge in [0.25, 0.3) is 0 Å². The Balaban J connectivity index is 1.76. The Morgan fingerprint density at radius 2 is 1.47 bits per heavy atom. The fraction of sp³-hybridized carbons (Fsp3) is 0.467. The highest BCUT2D eigenvalue weighted by molar-refractivity contribution is 6.02. The number of benzene rings is 1. The van der Waals surface area contributed by atoms with Crippen molar-refractivity contribution in [2.45, 2.75) is 32.6 Å². The number of amides is 2. The molecule has 2 N–H and O–H groups in total. The van der Waals surface area contributed by atoms with Gasteiger partial charge in [-0.25, -0.2) is 0 Å². The molecule has 100 valence electrons. The van der Waals surface area contributed by atoms with E-state index in [1.54, 1.807) is 0 Å². The van der Waals surface area contributed by atoms with E-state index in [1.165, 1.54) is 0 Å². The minimum Gasteiger partial charge on any atom is -0.324 e. The molecule has 3 rings (SSSR count). The third-order valence-electron chi connectivity index (χ3n) is 3.59. The third kappa shape index (κ3) is 2.95. The molecule has 1 aromatic carbocycles. The zero-order valence-electron chi connectivity index (χ0n) is 11.0. The first-order valence-electron chi connectivity index (χ1n) is 6.86. The van der Waals surface area contributed by atoms with Crippen LogP contribution in [-0.4, -0.2) is 11.8 Å². The summed E-state index contributed by atoms with van der Waals surface area (Å²) in [5.41, 5.74) is 2.48. The Labute approximate surface area is 112 Å². The van der Waals surface area contributed by atoms with Crippen molar-refractivity contribution in [1.29, 1.82) is 0 Å². The maximum atomic E-state index is 11.8. The lowest BCUT2D eigenvalue weighted by Crippen LogP contribution is -2.18. The molecule has 0 aliphatic heterocycles. The molecule has 0 spiro atoms. The van der Waals surface area contributed by atoms with Gasteiger partial charge in [-0.05, 0) is 50.3 Å². The van der Waals surface area contributed by atoms with Crippen LogP contribution in [0.1, 0.15) is 31.2 Å². The molecule has 2 fully saturated rings. The largest absolute Gasteiger partial charge is 0.324 e. The Kier molecular flexibility index (Phi) is 3.01. The Morgan fingerprint density at radius 1 is 0.947 bits per heavy atom. The van der Waals surface area contributed by atoms with Crippen molar-refractivity contribution in [2.75, 3.05) is 10.6 Å². The summed E-state index contributed by atoms with van der Waals surface area (Å²) in [6.07, 6.45) is 3.89. The molecular weight excluding hydrogens is 240 g/mol. The van der Waals surface area contributed by atoms with Crippen molar-refractivity contribution in [1.82, 2.24) is 0 Å². The summed E-state index contributed by atoms with van der Waals surface area (Å²) in [7, 11) is 0. The summed E-state index contributed by atoms with van der Waals surface area (Å²) in [6, 6.07) is 5.70. The van der Waals surface area contributed by atoms with Gasteiger partial charge in [0, 0.05) is 11.8 Å². The summed E-state index contributed by atoms with van der Waals surface area (Å²) >= 11 is 0. The van der Waals surface area contributed by atoms with Crippen LogP contribution in [0.2, 0.25) is 0 Å². The van der Waals surface area contributed by atoms with Crippen molar-refractivity contribution < 1.29 is 9.59 Å². The standard InChI is InChI=1S/C15H18N2O2/c1-9-2-7-12(16-14(18)10-3-4-10)13(8-9)17-15(19)11-5-6-11/h2,7-8,10-11H,3-6H2,1H3,(H,16,18)(H,17,19). The SMILES string of the molecule is Cc1ccc(NC(=O)C2CC2)c(NC(=O)C2CC2)c1. The molecule has 0 aromatic heterocycles. The number of rotatable bonds is 4. The van der Waals surface area contributed by atoms with Crippen molar-refractivity contribution in [3.8, 4) is 0 Å². The molecule has 4 heteroatoms. The molecule has 2 aliphatic carbocycles. The van der Waals surface area contributed by atoms with Crippen LogP contribution in [0.3, 0.4) is 0 Å². The zero-order chi connectivity index (χ0) is 13.4. The second-order valence-corrected chi connectivity index (χ2v) is 5.58. The number of anilines is 2. The number of nitrogens with one attached hydrogen (secondary N) is 2. The number of hydrogen-bond donors (Lipinski definition) is 2. The fourth-order valence-electron chi connectivity index (χ4n) is 2.03. The molecule has 0 bridgehead atoms. The third-order valence-corrected chi connectivity index (χ3v) is 3.59. The van der Waals surface area contributed by atoms with Crippen LogP contribution in [0.25, 0.3) is 0 Å². The first-order valence-corrected chi connectivity index (χ1v) is 6.86. The normalized spacial score (nSPS) is 17.9. The summed E-state index contributed by atoms with van der Waals surface area (Å²) < 4.78 is 0. The molecule has 0 radical (unpaired) electrons. The lowest BCUT2D eigenvalue weighted by Gasteiger charge is -2.13. The molecule has 2 aliphatic rings. The summed E-state index contributed by atoms with van der Waals surface area (Å²) in [5, 5.41) is 5.84. The van der Waals surface area contributed by atoms with Crippen molar-refractivity contribution in [3.05, 3.63) is 23.8 Å². The topological polar surface area (TPSA) is 58.2 Å². The number of carbonyl (C=O) groups excluding carboxylic acids is 2. The van der Waals surface area contributed by atoms with E-state index in [4.69, 9.17) is 0 Å². The highest BCUT2D eigenvalue weighted by Gasteiger charge is 2.31. The fourth-order valence-corrected chi connectivity index (χ4v) is 2.03. The van der Waals surface area contributed by atoms with E-state index in [9.17, 15) is 9.59 Å². The molecule has 0 unspecified atom stereocenters. The predicted octanol–water partition coefficient (Wildman–Crippen LogP) is 2.69. The van der Waals surface area contributed by atoms with Gasteiger partial charge in [-0.1, -0.05) is 6.07 Å². The van der Waals surface area contributed by atoms with E-state index >= 15 is 0 Å². The van der Waals surface area contributed by atoms with E-state index in [-0.39, 0.29) is 23.7 Å². The van der Waals surface area contributed by atoms with Crippen LogP contribution in [0.5, 0.6) is 0 Å². The average Bonchev–Trinajstić information content (AvgIpc) is 3.25. The van der Waals surface area contributed by atoms with Crippen molar-refractivity contribution in [2.24, 2.45) is 11.8 Å². The summed E-state index contributed by atoms with van der Waals surface area (Å²) in [6.45, 7) is 1.97. The van der Waals surface area contributed by atoms with E-state index in [0.29, 0.717) is 11.4 Å². The molecule has 2 saturated carbocycles. The second-order valence-electron chi connectivity index (χ2n) is 5.58.